The molecule has 2 N–H and O–H groups in total. The molecule has 0 spiro atoms. The van der Waals surface area contributed by atoms with E-state index in [9.17, 15) is 9.59 Å². The van der Waals surface area contributed by atoms with Crippen LogP contribution in [-0.4, -0.2) is 32.8 Å². The molecule has 0 atom stereocenters. The maximum Gasteiger partial charge on any atom is 0.354 e. The molecule has 1 aliphatic rings. The van der Waals surface area contributed by atoms with E-state index < -0.39 is 5.97 Å². The monoisotopic (exact) mass is 251 g/mol. The summed E-state index contributed by atoms with van der Waals surface area (Å²) in [6.45, 7) is 3.65. The number of nitrogens with zero attached hydrogens (tertiary/aromatic N) is 2. The van der Waals surface area contributed by atoms with Gasteiger partial charge in [-0.1, -0.05) is 0 Å². The lowest BCUT2D eigenvalue weighted by Gasteiger charge is -2.25. The molecule has 1 aromatic heterocycles. The van der Waals surface area contributed by atoms with E-state index in [1.54, 1.807) is 0 Å². The number of nitrogens with one attached hydrogen (secondary N) is 1. The van der Waals surface area contributed by atoms with Gasteiger partial charge in [-0.15, -0.1) is 0 Å². The Kier molecular flexibility index (Phi) is 3.36. The number of aromatic nitrogens is 2. The van der Waals surface area contributed by atoms with Gasteiger partial charge in [0.15, 0.2) is 5.69 Å². The van der Waals surface area contributed by atoms with Gasteiger partial charge in [0.1, 0.15) is 5.69 Å². The largest absolute Gasteiger partial charge is 0.477 e. The molecule has 0 unspecified atom stereocenters. The third-order valence-electron chi connectivity index (χ3n) is 3.12. The summed E-state index contributed by atoms with van der Waals surface area (Å²) in [6.07, 6.45) is 3.11. The summed E-state index contributed by atoms with van der Waals surface area (Å²) in [5.41, 5.74) is 0.219. The number of carbonyl (C=O) groups excluding carboxylic acids is 1. The van der Waals surface area contributed by atoms with Crippen LogP contribution in [0.15, 0.2) is 6.07 Å². The number of carboxylic acid groups (broad SMARTS) is 1. The van der Waals surface area contributed by atoms with Crippen molar-refractivity contribution >= 4 is 11.9 Å². The van der Waals surface area contributed by atoms with Crippen molar-refractivity contribution in [3.8, 4) is 0 Å². The average Bonchev–Trinajstić information content (AvgIpc) is 2.68. The van der Waals surface area contributed by atoms with E-state index >= 15 is 0 Å². The van der Waals surface area contributed by atoms with Gasteiger partial charge >= 0.3 is 5.97 Å². The topological polar surface area (TPSA) is 84.2 Å². The molecule has 0 bridgehead atoms. The maximum absolute atomic E-state index is 11.9. The van der Waals surface area contributed by atoms with Crippen molar-refractivity contribution < 1.29 is 14.7 Å². The number of amides is 1. The molecule has 6 heteroatoms. The Bertz CT molecular complexity index is 475. The number of aromatic carboxylic acids is 1. The Labute approximate surface area is 105 Å². The third-order valence-corrected chi connectivity index (χ3v) is 3.12. The highest BCUT2D eigenvalue weighted by molar-refractivity contribution is 5.95. The van der Waals surface area contributed by atoms with Crippen molar-refractivity contribution in [2.75, 3.05) is 0 Å². The number of hydrogen-bond donors (Lipinski definition) is 2. The zero-order valence-electron chi connectivity index (χ0n) is 10.5. The predicted molar refractivity (Wildman–Crippen MR) is 64.7 cm³/mol. The summed E-state index contributed by atoms with van der Waals surface area (Å²) < 4.78 is 1.36. The Morgan fingerprint density at radius 1 is 1.50 bits per heavy atom. The molecular weight excluding hydrogens is 234 g/mol. The van der Waals surface area contributed by atoms with Gasteiger partial charge in [0.25, 0.3) is 5.91 Å². The van der Waals surface area contributed by atoms with E-state index in [4.69, 9.17) is 5.11 Å². The van der Waals surface area contributed by atoms with Crippen molar-refractivity contribution in [3.05, 3.63) is 17.5 Å². The molecule has 0 aromatic carbocycles. The van der Waals surface area contributed by atoms with Crippen LogP contribution in [0.4, 0.5) is 0 Å². The van der Waals surface area contributed by atoms with Crippen molar-refractivity contribution in [3.63, 3.8) is 0 Å². The molecule has 0 aliphatic heterocycles. The number of rotatable bonds is 4. The minimum Gasteiger partial charge on any atom is -0.477 e. The lowest BCUT2D eigenvalue weighted by Crippen LogP contribution is -2.39. The lowest BCUT2D eigenvalue weighted by molar-refractivity contribution is 0.0680. The summed E-state index contributed by atoms with van der Waals surface area (Å²) in [4.78, 5) is 22.9. The molecule has 0 radical (unpaired) electrons. The Morgan fingerprint density at radius 3 is 2.56 bits per heavy atom. The molecule has 1 saturated carbocycles. The quantitative estimate of drug-likeness (QED) is 0.848. The molecular formula is C12H17N3O3. The van der Waals surface area contributed by atoms with Crippen LogP contribution in [0.3, 0.4) is 0 Å². The first kappa shape index (κ1) is 12.6. The number of hydrogen-bond acceptors (Lipinski definition) is 3. The molecule has 98 valence electrons. The van der Waals surface area contributed by atoms with Gasteiger partial charge < -0.3 is 10.4 Å². The van der Waals surface area contributed by atoms with Crippen LogP contribution < -0.4 is 5.32 Å². The molecule has 6 nitrogen and oxygen atoms in total. The highest BCUT2D eigenvalue weighted by atomic mass is 16.4. The Morgan fingerprint density at radius 2 is 2.17 bits per heavy atom. The van der Waals surface area contributed by atoms with Gasteiger partial charge in [0, 0.05) is 18.2 Å². The van der Waals surface area contributed by atoms with Crippen LogP contribution in [0.2, 0.25) is 0 Å². The molecule has 0 saturated heterocycles. The van der Waals surface area contributed by atoms with Crippen molar-refractivity contribution in [1.29, 1.82) is 0 Å². The Hall–Kier alpha value is -1.85. The Balaban J connectivity index is 2.19. The lowest BCUT2D eigenvalue weighted by atomic mass is 9.93. The fourth-order valence-electron chi connectivity index (χ4n) is 1.87. The van der Waals surface area contributed by atoms with Crippen molar-refractivity contribution in [2.45, 2.75) is 45.2 Å². The zero-order valence-corrected chi connectivity index (χ0v) is 10.5. The van der Waals surface area contributed by atoms with E-state index in [-0.39, 0.29) is 29.4 Å². The van der Waals surface area contributed by atoms with Gasteiger partial charge in [0.2, 0.25) is 0 Å². The minimum atomic E-state index is -1.07. The normalized spacial score (nSPS) is 15.5. The second-order valence-electron chi connectivity index (χ2n) is 4.86. The average molecular weight is 251 g/mol. The fourth-order valence-corrected chi connectivity index (χ4v) is 1.87. The summed E-state index contributed by atoms with van der Waals surface area (Å²) in [6, 6.07) is 1.45. The van der Waals surface area contributed by atoms with Crippen LogP contribution in [0, 0.1) is 0 Å². The zero-order chi connectivity index (χ0) is 13.3. The highest BCUT2D eigenvalue weighted by Gasteiger charge is 2.24. The molecule has 18 heavy (non-hydrogen) atoms. The molecule has 1 amide bonds. The molecule has 2 rings (SSSR count). The second-order valence-corrected chi connectivity index (χ2v) is 4.86. The standard InChI is InChI=1S/C12H17N3O3/c1-7(2)15-10(12(17)18)6-9(14-15)11(16)13-8-4-3-5-8/h6-8H,3-5H2,1-2H3,(H,13,16)(H,17,18). The van der Waals surface area contributed by atoms with Crippen LogP contribution >= 0.6 is 0 Å². The van der Waals surface area contributed by atoms with Gasteiger partial charge in [-0.05, 0) is 33.1 Å². The van der Waals surface area contributed by atoms with Crippen LogP contribution in [0.25, 0.3) is 0 Å². The van der Waals surface area contributed by atoms with E-state index in [1.165, 1.54) is 10.7 Å². The molecule has 1 fully saturated rings. The first-order valence-electron chi connectivity index (χ1n) is 6.12. The van der Waals surface area contributed by atoms with E-state index in [2.05, 4.69) is 10.4 Å². The summed E-state index contributed by atoms with van der Waals surface area (Å²) in [7, 11) is 0. The SMILES string of the molecule is CC(C)n1nc(C(=O)NC2CCC2)cc1C(=O)O. The second kappa shape index (κ2) is 4.80. The predicted octanol–water partition coefficient (Wildman–Crippen LogP) is 1.44. The van der Waals surface area contributed by atoms with E-state index in [1.807, 2.05) is 13.8 Å². The summed E-state index contributed by atoms with van der Waals surface area (Å²) in [5.74, 6) is -1.36. The highest BCUT2D eigenvalue weighted by Crippen LogP contribution is 2.19. The number of carboxylic acids is 1. The first-order chi connectivity index (χ1) is 8.49. The van der Waals surface area contributed by atoms with Crippen molar-refractivity contribution in [2.24, 2.45) is 0 Å². The van der Waals surface area contributed by atoms with Gasteiger partial charge in [-0.2, -0.15) is 5.10 Å². The molecule has 1 heterocycles. The van der Waals surface area contributed by atoms with E-state index in [0.717, 1.165) is 19.3 Å². The number of carbonyl (C=O) groups is 2. The third kappa shape index (κ3) is 2.37. The molecule has 1 aromatic rings. The van der Waals surface area contributed by atoms with Gasteiger partial charge in [-0.25, -0.2) is 4.79 Å². The summed E-state index contributed by atoms with van der Waals surface area (Å²) in [5, 5.41) is 16.0. The minimum absolute atomic E-state index is 0.0451. The summed E-state index contributed by atoms with van der Waals surface area (Å²) >= 11 is 0. The first-order valence-corrected chi connectivity index (χ1v) is 6.12. The smallest absolute Gasteiger partial charge is 0.354 e. The van der Waals surface area contributed by atoms with Gasteiger partial charge in [-0.3, -0.25) is 9.48 Å². The van der Waals surface area contributed by atoms with Gasteiger partial charge in [0.05, 0.1) is 0 Å². The fraction of sp³-hybridized carbons (Fsp3) is 0.583. The van der Waals surface area contributed by atoms with Crippen LogP contribution in [0.1, 0.15) is 60.1 Å². The van der Waals surface area contributed by atoms with Crippen LogP contribution in [-0.2, 0) is 0 Å². The maximum atomic E-state index is 11.9. The van der Waals surface area contributed by atoms with Crippen molar-refractivity contribution in [1.82, 2.24) is 15.1 Å². The molecule has 1 aliphatic carbocycles. The van der Waals surface area contributed by atoms with Crippen LogP contribution in [0.5, 0.6) is 0 Å². The van der Waals surface area contributed by atoms with E-state index in [0.29, 0.717) is 0 Å².